The van der Waals surface area contributed by atoms with Gasteiger partial charge in [0.1, 0.15) is 11.3 Å². The van der Waals surface area contributed by atoms with Gasteiger partial charge in [0.2, 0.25) is 5.91 Å². The number of benzene rings is 2. The summed E-state index contributed by atoms with van der Waals surface area (Å²) in [7, 11) is 0. The first kappa shape index (κ1) is 17.1. The first-order chi connectivity index (χ1) is 13.1. The Labute approximate surface area is 155 Å². The normalized spacial score (nSPS) is 14.0. The molecule has 1 saturated heterocycles. The minimum atomic E-state index is -0.280. The minimum absolute atomic E-state index is 0.114. The van der Waals surface area contributed by atoms with Gasteiger partial charge in [0.05, 0.1) is 0 Å². The van der Waals surface area contributed by atoms with Gasteiger partial charge in [0, 0.05) is 37.3 Å². The number of rotatable bonds is 5. The molecule has 27 heavy (non-hydrogen) atoms. The Morgan fingerprint density at radius 2 is 2.19 bits per heavy atom. The lowest BCUT2D eigenvalue weighted by molar-refractivity contribution is -0.118. The highest BCUT2D eigenvalue weighted by Gasteiger charge is 2.21. The molecule has 7 heteroatoms. The highest BCUT2D eigenvalue weighted by Crippen LogP contribution is 2.25. The Morgan fingerprint density at radius 3 is 3.00 bits per heavy atom. The van der Waals surface area contributed by atoms with E-state index < -0.39 is 0 Å². The van der Waals surface area contributed by atoms with Crippen LogP contribution in [0.4, 0.5) is 11.4 Å². The molecule has 0 radical (unpaired) electrons. The number of fused-ring (bicyclic) bond motifs is 1. The second kappa shape index (κ2) is 7.11. The average Bonchev–Trinajstić information content (AvgIpc) is 3.24. The van der Waals surface area contributed by atoms with E-state index in [1.807, 2.05) is 12.1 Å². The molecule has 2 amide bonds. The van der Waals surface area contributed by atoms with Gasteiger partial charge in [-0.3, -0.25) is 9.59 Å². The van der Waals surface area contributed by atoms with Crippen LogP contribution in [-0.2, 0) is 9.59 Å². The molecular formula is C20H19N3O4. The van der Waals surface area contributed by atoms with Crippen molar-refractivity contribution in [3.05, 3.63) is 48.4 Å². The van der Waals surface area contributed by atoms with Gasteiger partial charge < -0.3 is 19.4 Å². The number of oxazole rings is 1. The Kier molecular flexibility index (Phi) is 4.50. The van der Waals surface area contributed by atoms with E-state index in [9.17, 15) is 9.59 Å². The molecule has 0 saturated carbocycles. The Hall–Kier alpha value is -3.35. The number of nitrogens with zero attached hydrogens (tertiary/aromatic N) is 2. The van der Waals surface area contributed by atoms with Crippen LogP contribution in [0.2, 0.25) is 0 Å². The summed E-state index contributed by atoms with van der Waals surface area (Å²) in [6, 6.07) is 12.5. The van der Waals surface area contributed by atoms with E-state index in [4.69, 9.17) is 9.15 Å². The van der Waals surface area contributed by atoms with Gasteiger partial charge in [0.15, 0.2) is 18.1 Å². The number of anilines is 2. The topological polar surface area (TPSA) is 84.7 Å². The summed E-state index contributed by atoms with van der Waals surface area (Å²) in [6.07, 6.45) is 1.44. The van der Waals surface area contributed by atoms with E-state index >= 15 is 0 Å². The molecule has 2 aromatic carbocycles. The van der Waals surface area contributed by atoms with E-state index in [2.05, 4.69) is 10.3 Å². The molecule has 0 unspecified atom stereocenters. The van der Waals surface area contributed by atoms with Gasteiger partial charge in [-0.1, -0.05) is 6.07 Å². The van der Waals surface area contributed by atoms with Crippen molar-refractivity contribution in [2.75, 3.05) is 23.4 Å². The van der Waals surface area contributed by atoms with Gasteiger partial charge in [-0.2, -0.15) is 0 Å². The van der Waals surface area contributed by atoms with Crippen LogP contribution in [0.25, 0.3) is 11.1 Å². The van der Waals surface area contributed by atoms with Gasteiger partial charge in [-0.25, -0.2) is 4.98 Å². The summed E-state index contributed by atoms with van der Waals surface area (Å²) in [5.74, 6) is 0.957. The molecule has 0 aliphatic carbocycles. The number of amides is 2. The van der Waals surface area contributed by atoms with Crippen LogP contribution < -0.4 is 15.0 Å². The molecule has 1 N–H and O–H groups in total. The fraction of sp³-hybridized carbons (Fsp3) is 0.250. The van der Waals surface area contributed by atoms with Crippen molar-refractivity contribution in [3.63, 3.8) is 0 Å². The molecule has 138 valence electrons. The highest BCUT2D eigenvalue weighted by molar-refractivity contribution is 5.95. The smallest absolute Gasteiger partial charge is 0.262 e. The van der Waals surface area contributed by atoms with Crippen LogP contribution in [0.15, 0.2) is 46.9 Å². The Morgan fingerprint density at radius 1 is 1.30 bits per heavy atom. The van der Waals surface area contributed by atoms with Crippen molar-refractivity contribution in [2.24, 2.45) is 0 Å². The molecule has 1 fully saturated rings. The predicted molar refractivity (Wildman–Crippen MR) is 101 cm³/mol. The van der Waals surface area contributed by atoms with Crippen LogP contribution >= 0.6 is 0 Å². The maximum atomic E-state index is 12.2. The van der Waals surface area contributed by atoms with E-state index in [1.54, 1.807) is 42.2 Å². The summed E-state index contributed by atoms with van der Waals surface area (Å²) in [6.45, 7) is 2.36. The first-order valence-electron chi connectivity index (χ1n) is 8.79. The minimum Gasteiger partial charge on any atom is -0.484 e. The number of hydrogen-bond acceptors (Lipinski definition) is 5. The number of aryl methyl sites for hydroxylation is 1. The number of carbonyl (C=O) groups excluding carboxylic acids is 2. The zero-order chi connectivity index (χ0) is 18.8. The van der Waals surface area contributed by atoms with Crippen LogP contribution in [0.3, 0.4) is 0 Å². The van der Waals surface area contributed by atoms with Gasteiger partial charge >= 0.3 is 0 Å². The van der Waals surface area contributed by atoms with Crippen molar-refractivity contribution < 1.29 is 18.7 Å². The van der Waals surface area contributed by atoms with E-state index in [0.29, 0.717) is 41.4 Å². The zero-order valence-corrected chi connectivity index (χ0v) is 14.9. The van der Waals surface area contributed by atoms with E-state index in [-0.39, 0.29) is 18.4 Å². The molecule has 0 atom stereocenters. The SMILES string of the molecule is Cc1nc2cc(NC(=O)COc3cccc(N4CCCC4=O)c3)ccc2o1. The lowest BCUT2D eigenvalue weighted by atomic mass is 10.2. The lowest BCUT2D eigenvalue weighted by Crippen LogP contribution is -2.24. The van der Waals surface area contributed by atoms with Crippen LogP contribution in [0, 0.1) is 6.92 Å². The van der Waals surface area contributed by atoms with Gasteiger partial charge in [-0.05, 0) is 36.8 Å². The van der Waals surface area contributed by atoms with Crippen molar-refractivity contribution >= 4 is 34.3 Å². The van der Waals surface area contributed by atoms with Crippen molar-refractivity contribution in [3.8, 4) is 5.75 Å². The standard InChI is InChI=1S/C20H19N3O4/c1-13-21-17-10-14(7-8-18(17)27-13)22-19(24)12-26-16-5-2-4-15(11-16)23-9-3-6-20(23)25/h2,4-5,7-8,10-11H,3,6,9,12H2,1H3,(H,22,24). The molecule has 1 aromatic heterocycles. The van der Waals surface area contributed by atoms with Gasteiger partial charge in [0.25, 0.3) is 5.91 Å². The summed E-state index contributed by atoms with van der Waals surface area (Å²) in [5.41, 5.74) is 2.78. The van der Waals surface area contributed by atoms with E-state index in [0.717, 1.165) is 12.1 Å². The Bertz CT molecular complexity index is 1010. The molecule has 2 heterocycles. The predicted octanol–water partition coefficient (Wildman–Crippen LogP) is 3.28. The third kappa shape index (κ3) is 3.76. The summed E-state index contributed by atoms with van der Waals surface area (Å²) >= 11 is 0. The third-order valence-corrected chi connectivity index (χ3v) is 4.35. The average molecular weight is 365 g/mol. The number of hydrogen-bond donors (Lipinski definition) is 1. The molecule has 0 bridgehead atoms. The van der Waals surface area contributed by atoms with Crippen LogP contribution in [0.5, 0.6) is 5.75 Å². The monoisotopic (exact) mass is 365 g/mol. The summed E-state index contributed by atoms with van der Waals surface area (Å²) in [4.78, 5) is 30.0. The van der Waals surface area contributed by atoms with Crippen molar-refractivity contribution in [1.29, 1.82) is 0 Å². The fourth-order valence-electron chi connectivity index (χ4n) is 3.13. The Balaban J connectivity index is 1.37. The number of nitrogens with one attached hydrogen (secondary N) is 1. The summed E-state index contributed by atoms with van der Waals surface area (Å²) in [5, 5.41) is 2.78. The van der Waals surface area contributed by atoms with Crippen molar-refractivity contribution in [1.82, 2.24) is 4.98 Å². The molecule has 1 aliphatic heterocycles. The van der Waals surface area contributed by atoms with Crippen LogP contribution in [0.1, 0.15) is 18.7 Å². The van der Waals surface area contributed by atoms with E-state index in [1.165, 1.54) is 0 Å². The van der Waals surface area contributed by atoms with Crippen LogP contribution in [-0.4, -0.2) is 29.9 Å². The third-order valence-electron chi connectivity index (χ3n) is 4.35. The highest BCUT2D eigenvalue weighted by atomic mass is 16.5. The second-order valence-corrected chi connectivity index (χ2v) is 6.40. The molecule has 7 nitrogen and oxygen atoms in total. The maximum absolute atomic E-state index is 12.2. The number of carbonyl (C=O) groups is 2. The first-order valence-corrected chi connectivity index (χ1v) is 8.79. The quantitative estimate of drug-likeness (QED) is 0.750. The fourth-order valence-corrected chi connectivity index (χ4v) is 3.13. The van der Waals surface area contributed by atoms with Crippen molar-refractivity contribution in [2.45, 2.75) is 19.8 Å². The van der Waals surface area contributed by atoms with Gasteiger partial charge in [-0.15, -0.1) is 0 Å². The lowest BCUT2D eigenvalue weighted by Gasteiger charge is -2.16. The summed E-state index contributed by atoms with van der Waals surface area (Å²) < 4.78 is 11.0. The number of aromatic nitrogens is 1. The molecule has 3 aromatic rings. The molecule has 4 rings (SSSR count). The molecular weight excluding hydrogens is 346 g/mol. The maximum Gasteiger partial charge on any atom is 0.262 e. The number of ether oxygens (including phenoxy) is 1. The second-order valence-electron chi connectivity index (χ2n) is 6.40. The zero-order valence-electron chi connectivity index (χ0n) is 14.9. The molecule has 0 spiro atoms. The largest absolute Gasteiger partial charge is 0.484 e. The molecule has 1 aliphatic rings.